The number of sulfonamides is 1. The van der Waals surface area contributed by atoms with Crippen LogP contribution in [0.3, 0.4) is 0 Å². The summed E-state index contributed by atoms with van der Waals surface area (Å²) < 4.78 is 64.2. The van der Waals surface area contributed by atoms with Crippen molar-refractivity contribution in [1.29, 1.82) is 0 Å². The number of hydrogen-bond acceptors (Lipinski definition) is 3. The molecule has 0 amide bonds. The van der Waals surface area contributed by atoms with Crippen LogP contribution in [-0.4, -0.2) is 25.4 Å². The van der Waals surface area contributed by atoms with E-state index in [0.29, 0.717) is 15.4 Å². The predicted molar refractivity (Wildman–Crippen MR) is 83.9 cm³/mol. The molecule has 0 bridgehead atoms. The highest BCUT2D eigenvalue weighted by molar-refractivity contribution is 7.89. The third-order valence-corrected chi connectivity index (χ3v) is 5.93. The number of aryl methyl sites for hydroxylation is 2. The van der Waals surface area contributed by atoms with Gasteiger partial charge in [-0.15, -0.1) is 0 Å². The monoisotopic (exact) mass is 363 g/mol. The molecular weight excluding hydrogens is 347 g/mol. The SMILES string of the molecule is Cc1ccc(S(=O)(=O)N(Cc2ccsc2)CC(F)(F)F)cc1C. The Labute approximate surface area is 137 Å². The molecule has 0 radical (unpaired) electrons. The van der Waals surface area contributed by atoms with E-state index in [1.807, 2.05) is 6.92 Å². The number of thiophene rings is 1. The van der Waals surface area contributed by atoms with Gasteiger partial charge in [-0.05, 0) is 59.5 Å². The van der Waals surface area contributed by atoms with Crippen LogP contribution in [-0.2, 0) is 16.6 Å². The summed E-state index contributed by atoms with van der Waals surface area (Å²) in [4.78, 5) is -0.125. The van der Waals surface area contributed by atoms with E-state index in [4.69, 9.17) is 0 Å². The van der Waals surface area contributed by atoms with Crippen LogP contribution in [0.25, 0.3) is 0 Å². The molecule has 2 rings (SSSR count). The fourth-order valence-electron chi connectivity index (χ4n) is 2.04. The van der Waals surface area contributed by atoms with Gasteiger partial charge in [-0.25, -0.2) is 8.42 Å². The van der Waals surface area contributed by atoms with Gasteiger partial charge in [0.05, 0.1) is 4.90 Å². The highest BCUT2D eigenvalue weighted by Crippen LogP contribution is 2.26. The van der Waals surface area contributed by atoms with Gasteiger partial charge in [0.1, 0.15) is 6.54 Å². The van der Waals surface area contributed by atoms with Gasteiger partial charge in [0.2, 0.25) is 10.0 Å². The maximum atomic E-state index is 12.8. The second-order valence-corrected chi connectivity index (χ2v) is 7.98. The molecule has 3 nitrogen and oxygen atoms in total. The maximum Gasteiger partial charge on any atom is 0.402 e. The van der Waals surface area contributed by atoms with Crippen LogP contribution in [0.15, 0.2) is 39.9 Å². The first-order chi connectivity index (χ1) is 10.6. The van der Waals surface area contributed by atoms with Crippen molar-refractivity contribution >= 4 is 21.4 Å². The molecule has 1 aromatic heterocycles. The van der Waals surface area contributed by atoms with Crippen LogP contribution >= 0.6 is 11.3 Å². The molecular formula is C15H16F3NO2S2. The Bertz CT molecular complexity index is 769. The van der Waals surface area contributed by atoms with Gasteiger partial charge in [0.25, 0.3) is 0 Å². The second kappa shape index (κ2) is 6.62. The van der Waals surface area contributed by atoms with Gasteiger partial charge in [0.15, 0.2) is 0 Å². The minimum atomic E-state index is -4.61. The zero-order chi connectivity index (χ0) is 17.3. The molecule has 2 aromatic rings. The van der Waals surface area contributed by atoms with E-state index in [-0.39, 0.29) is 11.4 Å². The molecule has 0 aliphatic rings. The molecule has 0 saturated carbocycles. The number of halogens is 3. The molecule has 0 aliphatic carbocycles. The summed E-state index contributed by atoms with van der Waals surface area (Å²) in [5, 5.41) is 3.34. The third-order valence-electron chi connectivity index (χ3n) is 3.41. The van der Waals surface area contributed by atoms with Gasteiger partial charge < -0.3 is 0 Å². The highest BCUT2D eigenvalue weighted by Gasteiger charge is 2.37. The van der Waals surface area contributed by atoms with E-state index in [1.165, 1.54) is 23.5 Å². The van der Waals surface area contributed by atoms with Crippen LogP contribution in [0.1, 0.15) is 16.7 Å². The number of rotatable bonds is 5. The summed E-state index contributed by atoms with van der Waals surface area (Å²) in [6.07, 6.45) is -4.61. The van der Waals surface area contributed by atoms with Gasteiger partial charge in [-0.2, -0.15) is 28.8 Å². The topological polar surface area (TPSA) is 37.4 Å². The molecule has 0 N–H and O–H groups in total. The standard InChI is InChI=1S/C15H16F3NO2S2/c1-11-3-4-14(7-12(11)2)23(20,21)19(10-15(16,17)18)8-13-5-6-22-9-13/h3-7,9H,8,10H2,1-2H3. The van der Waals surface area contributed by atoms with Crippen molar-refractivity contribution in [3.05, 3.63) is 51.7 Å². The number of hydrogen-bond donors (Lipinski definition) is 0. The van der Waals surface area contributed by atoms with Crippen LogP contribution < -0.4 is 0 Å². The Kier molecular flexibility index (Phi) is 5.17. The molecule has 0 atom stereocenters. The zero-order valence-electron chi connectivity index (χ0n) is 12.6. The van der Waals surface area contributed by atoms with E-state index >= 15 is 0 Å². The highest BCUT2D eigenvalue weighted by atomic mass is 32.2. The second-order valence-electron chi connectivity index (χ2n) is 5.27. The van der Waals surface area contributed by atoms with Crippen molar-refractivity contribution in [2.45, 2.75) is 31.5 Å². The number of benzene rings is 1. The van der Waals surface area contributed by atoms with E-state index < -0.39 is 22.7 Å². The fourth-order valence-corrected chi connectivity index (χ4v) is 4.19. The lowest BCUT2D eigenvalue weighted by molar-refractivity contribution is -0.136. The smallest absolute Gasteiger partial charge is 0.207 e. The van der Waals surface area contributed by atoms with Gasteiger partial charge in [0, 0.05) is 6.54 Å². The molecule has 0 unspecified atom stereocenters. The molecule has 126 valence electrons. The largest absolute Gasteiger partial charge is 0.402 e. The number of alkyl halides is 3. The van der Waals surface area contributed by atoms with Gasteiger partial charge in [-0.3, -0.25) is 0 Å². The Balaban J connectivity index is 2.40. The van der Waals surface area contributed by atoms with Crippen LogP contribution in [0.2, 0.25) is 0 Å². The molecule has 1 heterocycles. The maximum absolute atomic E-state index is 12.8. The summed E-state index contributed by atoms with van der Waals surface area (Å²) in [6, 6.07) is 5.96. The molecule has 1 aromatic carbocycles. The first-order valence-corrected chi connectivity index (χ1v) is 9.13. The van der Waals surface area contributed by atoms with E-state index in [1.54, 1.807) is 29.8 Å². The van der Waals surface area contributed by atoms with Crippen LogP contribution in [0, 0.1) is 13.8 Å². The normalized spacial score (nSPS) is 12.8. The Morgan fingerprint density at radius 3 is 2.35 bits per heavy atom. The molecule has 0 aliphatic heterocycles. The Hall–Kier alpha value is -1.38. The van der Waals surface area contributed by atoms with Crippen molar-refractivity contribution in [2.24, 2.45) is 0 Å². The first-order valence-electron chi connectivity index (χ1n) is 6.75. The lowest BCUT2D eigenvalue weighted by atomic mass is 10.1. The third kappa shape index (κ3) is 4.55. The van der Waals surface area contributed by atoms with Crippen molar-refractivity contribution in [1.82, 2.24) is 4.31 Å². The molecule has 0 saturated heterocycles. The lowest BCUT2D eigenvalue weighted by Crippen LogP contribution is -2.38. The van der Waals surface area contributed by atoms with Crippen LogP contribution in [0.5, 0.6) is 0 Å². The van der Waals surface area contributed by atoms with E-state index in [9.17, 15) is 21.6 Å². The van der Waals surface area contributed by atoms with Crippen molar-refractivity contribution < 1.29 is 21.6 Å². The van der Waals surface area contributed by atoms with E-state index in [2.05, 4.69) is 0 Å². The Morgan fingerprint density at radius 1 is 1.13 bits per heavy atom. The summed E-state index contributed by atoms with van der Waals surface area (Å²) in [5.41, 5.74) is 2.13. The first kappa shape index (κ1) is 18.0. The van der Waals surface area contributed by atoms with E-state index in [0.717, 1.165) is 5.56 Å². The lowest BCUT2D eigenvalue weighted by Gasteiger charge is -2.23. The predicted octanol–water partition coefficient (Wildman–Crippen LogP) is 4.12. The van der Waals surface area contributed by atoms with Crippen molar-refractivity contribution in [2.75, 3.05) is 6.54 Å². The minimum Gasteiger partial charge on any atom is -0.207 e. The zero-order valence-corrected chi connectivity index (χ0v) is 14.2. The summed E-state index contributed by atoms with van der Waals surface area (Å²) in [5.74, 6) is 0. The van der Waals surface area contributed by atoms with Crippen molar-refractivity contribution in [3.8, 4) is 0 Å². The minimum absolute atomic E-state index is 0.125. The molecule has 0 spiro atoms. The average Bonchev–Trinajstić information content (AvgIpc) is 2.92. The average molecular weight is 363 g/mol. The summed E-state index contributed by atoms with van der Waals surface area (Å²) in [7, 11) is -4.23. The van der Waals surface area contributed by atoms with Gasteiger partial charge >= 0.3 is 6.18 Å². The summed E-state index contributed by atoms with van der Waals surface area (Å²) >= 11 is 1.31. The summed E-state index contributed by atoms with van der Waals surface area (Å²) in [6.45, 7) is 1.71. The molecule has 8 heteroatoms. The molecule has 23 heavy (non-hydrogen) atoms. The van der Waals surface area contributed by atoms with Crippen LogP contribution in [0.4, 0.5) is 13.2 Å². The fraction of sp³-hybridized carbons (Fsp3) is 0.333. The van der Waals surface area contributed by atoms with Crippen molar-refractivity contribution in [3.63, 3.8) is 0 Å². The molecule has 0 fully saturated rings. The van der Waals surface area contributed by atoms with Gasteiger partial charge in [-0.1, -0.05) is 6.07 Å². The Morgan fingerprint density at radius 2 is 1.83 bits per heavy atom. The quantitative estimate of drug-likeness (QED) is 0.801. The number of nitrogens with zero attached hydrogens (tertiary/aromatic N) is 1.